The quantitative estimate of drug-likeness (QED) is 0.312. The molecule has 5 aromatic rings. The second-order valence-electron chi connectivity index (χ2n) is 9.15. The first-order chi connectivity index (χ1) is 14.5. The largest absolute Gasteiger partial charge is 0.455 e. The average molecular weight is 392 g/mol. The van der Waals surface area contributed by atoms with Gasteiger partial charge in [-0.1, -0.05) is 69.3 Å². The summed E-state index contributed by atoms with van der Waals surface area (Å²) < 4.78 is 6.33. The van der Waals surface area contributed by atoms with E-state index in [-0.39, 0.29) is 5.41 Å². The topological polar surface area (TPSA) is 26.0 Å². The van der Waals surface area contributed by atoms with E-state index in [0.717, 1.165) is 39.6 Å². The lowest BCUT2D eigenvalue weighted by Gasteiger charge is -2.18. The van der Waals surface area contributed by atoms with E-state index >= 15 is 0 Å². The van der Waals surface area contributed by atoms with Crippen LogP contribution in [0.2, 0.25) is 0 Å². The second kappa shape index (κ2) is 7.14. The van der Waals surface area contributed by atoms with Gasteiger partial charge in [0.1, 0.15) is 11.2 Å². The van der Waals surface area contributed by atoms with Crippen molar-refractivity contribution in [1.82, 2.24) is 4.98 Å². The van der Waals surface area contributed by atoms with Gasteiger partial charge in [0.25, 0.3) is 0 Å². The van der Waals surface area contributed by atoms with Crippen molar-refractivity contribution in [3.05, 3.63) is 90.6 Å². The number of aromatic nitrogens is 1. The van der Waals surface area contributed by atoms with Crippen LogP contribution in [-0.2, 0) is 6.42 Å². The van der Waals surface area contributed by atoms with Gasteiger partial charge in [-0.15, -0.1) is 0 Å². The Bertz CT molecular complexity index is 1340. The van der Waals surface area contributed by atoms with Gasteiger partial charge >= 0.3 is 0 Å². The Hall–Kier alpha value is -3.39. The predicted molar refractivity (Wildman–Crippen MR) is 126 cm³/mol. The fourth-order valence-electron chi connectivity index (χ4n) is 4.15. The molecule has 0 amide bonds. The van der Waals surface area contributed by atoms with Crippen LogP contribution in [0.4, 0.5) is 0 Å². The lowest BCUT2D eigenvalue weighted by atomic mass is 9.88. The molecule has 0 aliphatic rings. The molecule has 2 heterocycles. The van der Waals surface area contributed by atoms with Crippen LogP contribution < -0.4 is 0 Å². The number of furan rings is 1. The van der Waals surface area contributed by atoms with Gasteiger partial charge in [-0.3, -0.25) is 4.98 Å². The van der Waals surface area contributed by atoms with Crippen LogP contribution in [0.1, 0.15) is 26.3 Å². The molecule has 2 nitrogen and oxygen atoms in total. The van der Waals surface area contributed by atoms with Gasteiger partial charge < -0.3 is 4.42 Å². The summed E-state index contributed by atoms with van der Waals surface area (Å²) in [5.41, 5.74) is 7.75. The van der Waals surface area contributed by atoms with Crippen molar-refractivity contribution in [2.75, 3.05) is 0 Å². The van der Waals surface area contributed by atoms with Crippen molar-refractivity contribution in [3.63, 3.8) is 0 Å². The van der Waals surface area contributed by atoms with Gasteiger partial charge in [0, 0.05) is 22.5 Å². The highest BCUT2D eigenvalue weighted by molar-refractivity contribution is 6.10. The van der Waals surface area contributed by atoms with E-state index in [4.69, 9.17) is 4.42 Å². The maximum atomic E-state index is 6.33. The molecule has 0 N–H and O–H groups in total. The van der Waals surface area contributed by atoms with Gasteiger partial charge in [0.2, 0.25) is 0 Å². The molecule has 0 atom stereocenters. The Balaban J connectivity index is 1.65. The van der Waals surface area contributed by atoms with Gasteiger partial charge in [-0.05, 0) is 58.9 Å². The highest BCUT2D eigenvalue weighted by atomic mass is 16.3. The molecule has 2 heteroatoms. The summed E-state index contributed by atoms with van der Waals surface area (Å²) in [6.07, 6.45) is 2.92. The minimum absolute atomic E-state index is 0.234. The fourth-order valence-corrected chi connectivity index (χ4v) is 4.15. The molecule has 0 saturated carbocycles. The summed E-state index contributed by atoms with van der Waals surface area (Å²) in [6, 6.07) is 27.5. The van der Waals surface area contributed by atoms with Crippen LogP contribution in [0.3, 0.4) is 0 Å². The molecule has 5 rings (SSSR count). The van der Waals surface area contributed by atoms with Crippen molar-refractivity contribution in [2.45, 2.75) is 27.2 Å². The van der Waals surface area contributed by atoms with Crippen molar-refractivity contribution >= 4 is 21.9 Å². The molecule has 0 unspecified atom stereocenters. The summed E-state index contributed by atoms with van der Waals surface area (Å²) in [7, 11) is 0. The molecule has 0 aliphatic carbocycles. The molecule has 148 valence electrons. The molecule has 0 aliphatic heterocycles. The van der Waals surface area contributed by atoms with E-state index in [0.29, 0.717) is 0 Å². The van der Waals surface area contributed by atoms with Crippen molar-refractivity contribution in [3.8, 4) is 22.4 Å². The molecule has 0 fully saturated rings. The third-order valence-corrected chi connectivity index (χ3v) is 5.44. The lowest BCUT2D eigenvalue weighted by Crippen LogP contribution is -2.09. The number of para-hydroxylation sites is 1. The smallest absolute Gasteiger partial charge is 0.144 e. The molecular weight excluding hydrogens is 366 g/mol. The average Bonchev–Trinajstić information content (AvgIpc) is 3.11. The molecule has 30 heavy (non-hydrogen) atoms. The van der Waals surface area contributed by atoms with Crippen LogP contribution >= 0.6 is 0 Å². The molecule has 2 aromatic heterocycles. The number of rotatable bonds is 3. The second-order valence-corrected chi connectivity index (χ2v) is 9.15. The van der Waals surface area contributed by atoms with Crippen LogP contribution in [-0.4, -0.2) is 4.98 Å². The van der Waals surface area contributed by atoms with E-state index in [1.807, 2.05) is 12.3 Å². The van der Waals surface area contributed by atoms with Gasteiger partial charge in [0.05, 0.1) is 5.69 Å². The summed E-state index contributed by atoms with van der Waals surface area (Å²) in [5, 5.41) is 2.27. The fraction of sp³-hybridized carbons (Fsp3) is 0.179. The summed E-state index contributed by atoms with van der Waals surface area (Å²) in [5.74, 6) is 0. The lowest BCUT2D eigenvalue weighted by molar-refractivity contribution is 0.411. The minimum atomic E-state index is 0.234. The Labute approximate surface area is 177 Å². The zero-order valence-electron chi connectivity index (χ0n) is 17.6. The molecule has 3 aromatic carbocycles. The first-order valence-corrected chi connectivity index (χ1v) is 10.4. The summed E-state index contributed by atoms with van der Waals surface area (Å²) in [6.45, 7) is 6.78. The summed E-state index contributed by atoms with van der Waals surface area (Å²) in [4.78, 5) is 4.67. The van der Waals surface area contributed by atoms with Gasteiger partial charge in [-0.2, -0.15) is 0 Å². The van der Waals surface area contributed by atoms with Crippen LogP contribution in [0.25, 0.3) is 44.3 Å². The number of nitrogens with zero attached hydrogens (tertiary/aromatic N) is 1. The predicted octanol–water partition coefficient (Wildman–Crippen LogP) is 7.90. The van der Waals surface area contributed by atoms with E-state index in [1.165, 1.54) is 16.7 Å². The highest BCUT2D eigenvalue weighted by Crippen LogP contribution is 2.37. The molecular formula is C28H25NO. The molecule has 0 saturated heterocycles. The highest BCUT2D eigenvalue weighted by Gasteiger charge is 2.16. The third kappa shape index (κ3) is 3.50. The Morgan fingerprint density at radius 2 is 1.60 bits per heavy atom. The zero-order valence-corrected chi connectivity index (χ0v) is 17.6. The third-order valence-electron chi connectivity index (χ3n) is 5.44. The molecule has 0 radical (unpaired) electrons. The monoisotopic (exact) mass is 391 g/mol. The first-order valence-electron chi connectivity index (χ1n) is 10.4. The van der Waals surface area contributed by atoms with Gasteiger partial charge in [0.15, 0.2) is 0 Å². The number of fused-ring (bicyclic) bond motifs is 3. The Morgan fingerprint density at radius 3 is 2.40 bits per heavy atom. The minimum Gasteiger partial charge on any atom is -0.455 e. The Morgan fingerprint density at radius 1 is 0.767 bits per heavy atom. The molecule has 0 bridgehead atoms. The van der Waals surface area contributed by atoms with E-state index in [9.17, 15) is 0 Å². The maximum Gasteiger partial charge on any atom is 0.144 e. The maximum absolute atomic E-state index is 6.33. The summed E-state index contributed by atoms with van der Waals surface area (Å²) >= 11 is 0. The SMILES string of the molecule is CC(C)(C)Cc1ccnc(-c2cccc3c2oc2ccc(-c4ccccc4)cc23)c1. The molecule has 0 spiro atoms. The first kappa shape index (κ1) is 18.6. The van der Waals surface area contributed by atoms with E-state index < -0.39 is 0 Å². The number of benzene rings is 3. The normalized spacial score (nSPS) is 12.0. The van der Waals surface area contributed by atoms with Crippen molar-refractivity contribution in [2.24, 2.45) is 5.41 Å². The number of hydrogen-bond acceptors (Lipinski definition) is 2. The number of pyridine rings is 1. The van der Waals surface area contributed by atoms with Crippen LogP contribution in [0.5, 0.6) is 0 Å². The zero-order chi connectivity index (χ0) is 20.7. The van der Waals surface area contributed by atoms with E-state index in [2.05, 4.69) is 98.6 Å². The van der Waals surface area contributed by atoms with Gasteiger partial charge in [-0.25, -0.2) is 0 Å². The standard InChI is InChI=1S/C28H25NO/c1-28(2,3)18-19-14-15-29-25(16-19)23-11-7-10-22-24-17-21(20-8-5-4-6-9-20)12-13-26(24)30-27(22)23/h4-17H,18H2,1-3H3. The Kier molecular flexibility index (Phi) is 4.43. The van der Waals surface area contributed by atoms with Crippen LogP contribution in [0.15, 0.2) is 89.5 Å². The van der Waals surface area contributed by atoms with Crippen molar-refractivity contribution in [1.29, 1.82) is 0 Å². The van der Waals surface area contributed by atoms with E-state index in [1.54, 1.807) is 0 Å². The van der Waals surface area contributed by atoms with Crippen LogP contribution in [0, 0.1) is 5.41 Å². The number of hydrogen-bond donors (Lipinski definition) is 0. The van der Waals surface area contributed by atoms with Crippen molar-refractivity contribution < 1.29 is 4.42 Å².